The summed E-state index contributed by atoms with van der Waals surface area (Å²) >= 11 is 7.57. The standard InChI is InChI=1S/C21H15ClN2OS/c1-14-6-9-17(10-7-14)26-20-11-8-16(12-15(20)13-23)24-21(25)18-4-2-3-5-19(18)22/h2-12H,1H3,(H,24,25). The van der Waals surface area contributed by atoms with E-state index < -0.39 is 0 Å². The zero-order valence-corrected chi connectivity index (χ0v) is 15.6. The van der Waals surface area contributed by atoms with Crippen molar-refractivity contribution in [2.75, 3.05) is 5.32 Å². The number of carbonyl (C=O) groups excluding carboxylic acids is 1. The van der Waals surface area contributed by atoms with Gasteiger partial charge in [0.05, 0.1) is 16.1 Å². The van der Waals surface area contributed by atoms with Gasteiger partial charge in [0.15, 0.2) is 0 Å². The van der Waals surface area contributed by atoms with Crippen molar-refractivity contribution in [1.29, 1.82) is 5.26 Å². The van der Waals surface area contributed by atoms with Crippen LogP contribution in [0.15, 0.2) is 76.5 Å². The SMILES string of the molecule is Cc1ccc(Sc2ccc(NC(=O)c3ccccc3Cl)cc2C#N)cc1. The molecular formula is C21H15ClN2OS. The molecule has 0 bridgehead atoms. The van der Waals surface area contributed by atoms with Crippen LogP contribution in [0.2, 0.25) is 5.02 Å². The van der Waals surface area contributed by atoms with Gasteiger partial charge in [-0.15, -0.1) is 0 Å². The molecule has 0 saturated carbocycles. The van der Waals surface area contributed by atoms with Crippen molar-refractivity contribution in [2.24, 2.45) is 0 Å². The fraction of sp³-hybridized carbons (Fsp3) is 0.0476. The molecule has 1 N–H and O–H groups in total. The van der Waals surface area contributed by atoms with Crippen molar-refractivity contribution in [3.63, 3.8) is 0 Å². The largest absolute Gasteiger partial charge is 0.322 e. The molecule has 1 amide bonds. The van der Waals surface area contributed by atoms with E-state index in [2.05, 4.69) is 11.4 Å². The van der Waals surface area contributed by atoms with Gasteiger partial charge in [0.2, 0.25) is 0 Å². The van der Waals surface area contributed by atoms with E-state index in [4.69, 9.17) is 11.6 Å². The van der Waals surface area contributed by atoms with Crippen LogP contribution in [0.1, 0.15) is 21.5 Å². The van der Waals surface area contributed by atoms with E-state index in [1.165, 1.54) is 17.3 Å². The number of amides is 1. The minimum absolute atomic E-state index is 0.307. The Balaban J connectivity index is 1.80. The second-order valence-corrected chi connectivity index (χ2v) is 7.19. The average Bonchev–Trinajstić information content (AvgIpc) is 2.65. The highest BCUT2D eigenvalue weighted by Crippen LogP contribution is 2.32. The second-order valence-electron chi connectivity index (χ2n) is 5.67. The van der Waals surface area contributed by atoms with Crippen LogP contribution in [0.5, 0.6) is 0 Å². The van der Waals surface area contributed by atoms with E-state index in [-0.39, 0.29) is 5.91 Å². The lowest BCUT2D eigenvalue weighted by molar-refractivity contribution is 0.102. The summed E-state index contributed by atoms with van der Waals surface area (Å²) in [6.45, 7) is 2.03. The number of hydrogen-bond donors (Lipinski definition) is 1. The maximum atomic E-state index is 12.4. The predicted molar refractivity (Wildman–Crippen MR) is 106 cm³/mol. The summed E-state index contributed by atoms with van der Waals surface area (Å²) in [7, 11) is 0. The van der Waals surface area contributed by atoms with Crippen molar-refractivity contribution in [1.82, 2.24) is 0 Å². The number of nitriles is 1. The Kier molecular flexibility index (Phi) is 5.62. The molecule has 3 rings (SSSR count). The molecule has 0 heterocycles. The van der Waals surface area contributed by atoms with Crippen molar-refractivity contribution >= 4 is 35.0 Å². The van der Waals surface area contributed by atoms with E-state index in [1.54, 1.807) is 36.4 Å². The lowest BCUT2D eigenvalue weighted by Crippen LogP contribution is -2.12. The number of benzene rings is 3. The molecule has 0 saturated heterocycles. The van der Waals surface area contributed by atoms with Crippen LogP contribution in [0.25, 0.3) is 0 Å². The lowest BCUT2D eigenvalue weighted by atomic mass is 10.2. The normalized spacial score (nSPS) is 10.2. The van der Waals surface area contributed by atoms with E-state index in [0.717, 1.165) is 9.79 Å². The molecule has 0 aliphatic heterocycles. The summed E-state index contributed by atoms with van der Waals surface area (Å²) in [5.74, 6) is -0.307. The highest BCUT2D eigenvalue weighted by atomic mass is 35.5. The summed E-state index contributed by atoms with van der Waals surface area (Å²) < 4.78 is 0. The molecule has 0 atom stereocenters. The molecular weight excluding hydrogens is 364 g/mol. The Morgan fingerprint density at radius 3 is 2.50 bits per heavy atom. The van der Waals surface area contributed by atoms with Gasteiger partial charge in [0.1, 0.15) is 6.07 Å². The van der Waals surface area contributed by atoms with Crippen molar-refractivity contribution < 1.29 is 4.79 Å². The summed E-state index contributed by atoms with van der Waals surface area (Å²) in [6, 6.07) is 22.4. The quantitative estimate of drug-likeness (QED) is 0.612. The summed E-state index contributed by atoms with van der Waals surface area (Å²) in [5.41, 5.74) is 2.64. The molecule has 3 aromatic rings. The van der Waals surface area contributed by atoms with E-state index >= 15 is 0 Å². The maximum absolute atomic E-state index is 12.4. The molecule has 3 nitrogen and oxygen atoms in total. The van der Waals surface area contributed by atoms with E-state index in [0.29, 0.717) is 21.8 Å². The van der Waals surface area contributed by atoms with Crippen LogP contribution < -0.4 is 5.32 Å². The van der Waals surface area contributed by atoms with Crippen LogP contribution in [0.4, 0.5) is 5.69 Å². The maximum Gasteiger partial charge on any atom is 0.257 e. The molecule has 0 aromatic heterocycles. The Morgan fingerprint density at radius 1 is 1.08 bits per heavy atom. The fourth-order valence-corrected chi connectivity index (χ4v) is 3.46. The van der Waals surface area contributed by atoms with Gasteiger partial charge in [-0.1, -0.05) is 53.2 Å². The summed E-state index contributed by atoms with van der Waals surface area (Å²) in [6.07, 6.45) is 0. The Bertz CT molecular complexity index is 994. The molecule has 0 radical (unpaired) electrons. The van der Waals surface area contributed by atoms with E-state index in [1.807, 2.05) is 37.3 Å². The first-order valence-electron chi connectivity index (χ1n) is 7.91. The first kappa shape index (κ1) is 18.1. The molecule has 0 spiro atoms. The third-order valence-corrected chi connectivity index (χ3v) is 5.14. The highest BCUT2D eigenvalue weighted by molar-refractivity contribution is 7.99. The van der Waals surface area contributed by atoms with Crippen LogP contribution in [-0.4, -0.2) is 5.91 Å². The zero-order chi connectivity index (χ0) is 18.5. The molecule has 3 aromatic carbocycles. The lowest BCUT2D eigenvalue weighted by Gasteiger charge is -2.09. The van der Waals surface area contributed by atoms with Crippen LogP contribution >= 0.6 is 23.4 Å². The first-order chi connectivity index (χ1) is 12.6. The molecule has 0 fully saturated rings. The molecule has 26 heavy (non-hydrogen) atoms. The third kappa shape index (κ3) is 4.26. The van der Waals surface area contributed by atoms with Crippen LogP contribution in [0.3, 0.4) is 0 Å². The Hall–Kier alpha value is -2.74. The third-order valence-electron chi connectivity index (χ3n) is 3.73. The van der Waals surface area contributed by atoms with Gasteiger partial charge in [-0.05, 0) is 49.4 Å². The van der Waals surface area contributed by atoms with Gasteiger partial charge >= 0.3 is 0 Å². The first-order valence-corrected chi connectivity index (χ1v) is 9.11. The molecule has 0 aliphatic carbocycles. The van der Waals surface area contributed by atoms with Gasteiger partial charge in [0.25, 0.3) is 5.91 Å². The molecule has 0 aliphatic rings. The zero-order valence-electron chi connectivity index (χ0n) is 14.0. The molecule has 128 valence electrons. The summed E-state index contributed by atoms with van der Waals surface area (Å²) in [5, 5.41) is 12.6. The van der Waals surface area contributed by atoms with Gasteiger partial charge in [-0.25, -0.2) is 0 Å². The number of carbonyl (C=O) groups is 1. The van der Waals surface area contributed by atoms with Crippen LogP contribution in [-0.2, 0) is 0 Å². The Morgan fingerprint density at radius 2 is 1.81 bits per heavy atom. The molecule has 0 unspecified atom stereocenters. The number of anilines is 1. The molecule has 5 heteroatoms. The number of halogens is 1. The van der Waals surface area contributed by atoms with Gasteiger partial charge in [-0.2, -0.15) is 5.26 Å². The Labute approximate surface area is 161 Å². The number of nitrogens with zero attached hydrogens (tertiary/aromatic N) is 1. The van der Waals surface area contributed by atoms with Crippen molar-refractivity contribution in [3.8, 4) is 6.07 Å². The fourth-order valence-electron chi connectivity index (χ4n) is 2.36. The number of hydrogen-bond acceptors (Lipinski definition) is 3. The number of rotatable bonds is 4. The minimum atomic E-state index is -0.307. The van der Waals surface area contributed by atoms with Crippen molar-refractivity contribution in [3.05, 3.63) is 88.4 Å². The van der Waals surface area contributed by atoms with Gasteiger partial charge in [0, 0.05) is 15.5 Å². The topological polar surface area (TPSA) is 52.9 Å². The van der Waals surface area contributed by atoms with Gasteiger partial charge < -0.3 is 5.32 Å². The minimum Gasteiger partial charge on any atom is -0.322 e. The van der Waals surface area contributed by atoms with Gasteiger partial charge in [-0.3, -0.25) is 4.79 Å². The smallest absolute Gasteiger partial charge is 0.257 e. The summed E-state index contributed by atoms with van der Waals surface area (Å²) in [4.78, 5) is 14.3. The monoisotopic (exact) mass is 378 g/mol. The van der Waals surface area contributed by atoms with E-state index in [9.17, 15) is 10.1 Å². The average molecular weight is 379 g/mol. The van der Waals surface area contributed by atoms with Crippen LogP contribution in [0, 0.1) is 18.3 Å². The number of nitrogens with one attached hydrogen (secondary N) is 1. The predicted octanol–water partition coefficient (Wildman–Crippen LogP) is 5.92. The second kappa shape index (κ2) is 8.09. The number of aryl methyl sites for hydroxylation is 1. The highest BCUT2D eigenvalue weighted by Gasteiger charge is 2.12. The van der Waals surface area contributed by atoms with Crippen molar-refractivity contribution in [2.45, 2.75) is 16.7 Å².